The van der Waals surface area contributed by atoms with Gasteiger partial charge in [-0.2, -0.15) is 11.8 Å². The Kier molecular flexibility index (Phi) is 6.99. The lowest BCUT2D eigenvalue weighted by atomic mass is 9.98. The number of aliphatic carboxylic acids is 1. The number of fused-ring (bicyclic) bond motifs is 3. The number of thioether (sulfide) groups is 1. The maximum Gasteiger partial charge on any atom is 0.407 e. The molecule has 2 aromatic rings. The zero-order chi connectivity index (χ0) is 22.5. The van der Waals surface area contributed by atoms with Crippen molar-refractivity contribution in [2.75, 3.05) is 31.2 Å². The molecule has 0 unspecified atom stereocenters. The van der Waals surface area contributed by atoms with E-state index in [1.54, 1.807) is 0 Å². The van der Waals surface area contributed by atoms with Crippen LogP contribution in [-0.4, -0.2) is 65.2 Å². The number of ether oxygens (including phenoxy) is 1. The second-order valence-corrected chi connectivity index (χ2v) is 9.06. The van der Waals surface area contributed by atoms with E-state index in [4.69, 9.17) is 9.84 Å². The van der Waals surface area contributed by atoms with E-state index in [-0.39, 0.29) is 36.8 Å². The molecular weight excluding hydrogens is 428 g/mol. The highest BCUT2D eigenvalue weighted by atomic mass is 32.2. The maximum absolute atomic E-state index is 12.2. The predicted molar refractivity (Wildman–Crippen MR) is 123 cm³/mol. The van der Waals surface area contributed by atoms with Crippen molar-refractivity contribution in [3.63, 3.8) is 0 Å². The Labute approximate surface area is 191 Å². The minimum atomic E-state index is -0.993. The molecule has 0 aliphatic heterocycles. The second-order valence-electron chi connectivity index (χ2n) is 7.95. The quantitative estimate of drug-likeness (QED) is 0.535. The Balaban J connectivity index is 1.19. The number of rotatable bonds is 10. The Morgan fingerprint density at radius 3 is 2.25 bits per heavy atom. The second kappa shape index (κ2) is 10.1. The van der Waals surface area contributed by atoms with Crippen LogP contribution >= 0.6 is 11.8 Å². The van der Waals surface area contributed by atoms with Crippen LogP contribution in [0.15, 0.2) is 48.5 Å². The molecule has 2 amide bonds. The summed E-state index contributed by atoms with van der Waals surface area (Å²) in [5.41, 5.74) is 4.69. The van der Waals surface area contributed by atoms with Crippen molar-refractivity contribution in [3.8, 4) is 11.1 Å². The zero-order valence-electron chi connectivity index (χ0n) is 17.7. The highest BCUT2D eigenvalue weighted by Crippen LogP contribution is 2.44. The number of benzene rings is 2. The van der Waals surface area contributed by atoms with Gasteiger partial charge in [-0.3, -0.25) is 9.59 Å². The van der Waals surface area contributed by atoms with Crippen molar-refractivity contribution in [2.45, 2.75) is 24.8 Å². The van der Waals surface area contributed by atoms with Gasteiger partial charge in [0.1, 0.15) is 13.2 Å². The number of carbonyl (C=O) groups is 3. The molecule has 0 saturated heterocycles. The summed E-state index contributed by atoms with van der Waals surface area (Å²) in [5.74, 6) is -0.395. The van der Waals surface area contributed by atoms with Crippen molar-refractivity contribution in [1.29, 1.82) is 0 Å². The number of hydrogen-bond donors (Lipinski definition) is 2. The minimum Gasteiger partial charge on any atom is -0.480 e. The zero-order valence-corrected chi connectivity index (χ0v) is 18.5. The standard InChI is InChI=1S/C24H26N2O5S/c27-22(26(13-23(28)29)16-9-10-16)15-32-12-11-25-24(30)31-14-21-19-7-3-1-5-17(19)18-6-2-4-8-20(18)21/h1-8,16,21H,9-15H2,(H,25,30)(H,28,29). The van der Waals surface area contributed by atoms with Gasteiger partial charge in [0.25, 0.3) is 0 Å². The van der Waals surface area contributed by atoms with E-state index >= 15 is 0 Å². The van der Waals surface area contributed by atoms with Crippen LogP contribution in [0.5, 0.6) is 0 Å². The predicted octanol–water partition coefficient (Wildman–Crippen LogP) is 3.33. The third kappa shape index (κ3) is 5.24. The smallest absolute Gasteiger partial charge is 0.407 e. The minimum absolute atomic E-state index is 0.0165. The van der Waals surface area contributed by atoms with Crippen molar-refractivity contribution >= 4 is 29.7 Å². The fraction of sp³-hybridized carbons (Fsp3) is 0.375. The van der Waals surface area contributed by atoms with Crippen LogP contribution in [0.4, 0.5) is 4.79 Å². The van der Waals surface area contributed by atoms with E-state index in [1.165, 1.54) is 27.8 Å². The molecule has 168 valence electrons. The van der Waals surface area contributed by atoms with Crippen LogP contribution in [0, 0.1) is 0 Å². The number of carbonyl (C=O) groups excluding carboxylic acids is 2. The molecule has 0 heterocycles. The van der Waals surface area contributed by atoms with E-state index in [0.29, 0.717) is 12.3 Å². The highest BCUT2D eigenvalue weighted by molar-refractivity contribution is 7.99. The first-order valence-corrected chi connectivity index (χ1v) is 11.9. The average Bonchev–Trinajstić information content (AvgIpc) is 3.58. The van der Waals surface area contributed by atoms with Gasteiger partial charge in [0.15, 0.2) is 0 Å². The fourth-order valence-corrected chi connectivity index (χ4v) is 4.80. The summed E-state index contributed by atoms with van der Waals surface area (Å²) in [5, 5.41) is 11.7. The summed E-state index contributed by atoms with van der Waals surface area (Å²) in [6.07, 6.45) is 1.25. The first kappa shape index (κ1) is 22.2. The molecule has 2 aliphatic carbocycles. The number of hydrogen-bond acceptors (Lipinski definition) is 5. The van der Waals surface area contributed by atoms with Crippen molar-refractivity contribution in [2.24, 2.45) is 0 Å². The molecular formula is C24H26N2O5S. The monoisotopic (exact) mass is 454 g/mol. The Bertz CT molecular complexity index is 962. The molecule has 0 atom stereocenters. The highest BCUT2D eigenvalue weighted by Gasteiger charge is 2.33. The molecule has 1 fully saturated rings. The third-order valence-corrected chi connectivity index (χ3v) is 6.64. The Hall–Kier alpha value is -3.00. The Morgan fingerprint density at radius 1 is 1.03 bits per heavy atom. The summed E-state index contributed by atoms with van der Waals surface area (Å²) < 4.78 is 5.49. The van der Waals surface area contributed by atoms with E-state index in [9.17, 15) is 14.4 Å². The van der Waals surface area contributed by atoms with Crippen molar-refractivity contribution in [3.05, 3.63) is 59.7 Å². The van der Waals surface area contributed by atoms with Gasteiger partial charge in [-0.1, -0.05) is 48.5 Å². The topological polar surface area (TPSA) is 95.9 Å². The molecule has 0 bridgehead atoms. The molecule has 8 heteroatoms. The van der Waals surface area contributed by atoms with Crippen LogP contribution in [0.3, 0.4) is 0 Å². The number of alkyl carbamates (subject to hydrolysis) is 1. The van der Waals surface area contributed by atoms with Gasteiger partial charge in [0.05, 0.1) is 5.75 Å². The number of amides is 2. The van der Waals surface area contributed by atoms with Crippen LogP contribution in [-0.2, 0) is 14.3 Å². The van der Waals surface area contributed by atoms with E-state index in [2.05, 4.69) is 29.6 Å². The lowest BCUT2D eigenvalue weighted by molar-refractivity contribution is -0.143. The number of carboxylic acids is 1. The number of nitrogens with zero attached hydrogens (tertiary/aromatic N) is 1. The molecule has 2 N–H and O–H groups in total. The summed E-state index contributed by atoms with van der Waals surface area (Å²) in [6.45, 7) is 0.385. The Morgan fingerprint density at radius 2 is 1.66 bits per heavy atom. The lowest BCUT2D eigenvalue weighted by Crippen LogP contribution is -2.38. The van der Waals surface area contributed by atoms with Crippen LogP contribution in [0.1, 0.15) is 29.9 Å². The summed E-state index contributed by atoms with van der Waals surface area (Å²) in [6, 6.07) is 16.4. The largest absolute Gasteiger partial charge is 0.480 e. The van der Waals surface area contributed by atoms with Gasteiger partial charge < -0.3 is 20.1 Å². The molecule has 0 aromatic heterocycles. The first-order chi connectivity index (χ1) is 15.5. The van der Waals surface area contributed by atoms with E-state index in [1.807, 2.05) is 24.3 Å². The van der Waals surface area contributed by atoms with Gasteiger partial charge in [-0.05, 0) is 35.1 Å². The summed E-state index contributed by atoms with van der Waals surface area (Å²) in [7, 11) is 0. The van der Waals surface area contributed by atoms with E-state index < -0.39 is 12.1 Å². The molecule has 2 aliphatic rings. The molecule has 32 heavy (non-hydrogen) atoms. The molecule has 4 rings (SSSR count). The summed E-state index contributed by atoms with van der Waals surface area (Å²) >= 11 is 1.37. The molecule has 7 nitrogen and oxygen atoms in total. The number of nitrogens with one attached hydrogen (secondary N) is 1. The average molecular weight is 455 g/mol. The molecule has 2 aromatic carbocycles. The van der Waals surface area contributed by atoms with Gasteiger partial charge in [-0.15, -0.1) is 0 Å². The van der Waals surface area contributed by atoms with Crippen molar-refractivity contribution in [1.82, 2.24) is 10.2 Å². The van der Waals surface area contributed by atoms with Crippen molar-refractivity contribution < 1.29 is 24.2 Å². The molecule has 0 spiro atoms. The SMILES string of the molecule is O=C(O)CN(C(=O)CSCCNC(=O)OCC1c2ccccc2-c2ccccc21)C1CC1. The van der Waals surface area contributed by atoms with Crippen LogP contribution in [0.2, 0.25) is 0 Å². The van der Waals surface area contributed by atoms with Gasteiger partial charge >= 0.3 is 12.1 Å². The summed E-state index contributed by atoms with van der Waals surface area (Å²) in [4.78, 5) is 36.8. The molecule has 0 radical (unpaired) electrons. The fourth-order valence-electron chi connectivity index (χ4n) is 4.07. The maximum atomic E-state index is 12.2. The third-order valence-electron chi connectivity index (χ3n) is 5.70. The number of carboxylic acid groups (broad SMARTS) is 1. The van der Waals surface area contributed by atoms with Crippen LogP contribution in [0.25, 0.3) is 11.1 Å². The van der Waals surface area contributed by atoms with Crippen LogP contribution < -0.4 is 5.32 Å². The normalized spacial score (nSPS) is 14.4. The van der Waals surface area contributed by atoms with Gasteiger partial charge in [-0.25, -0.2) is 4.79 Å². The van der Waals surface area contributed by atoms with Gasteiger partial charge in [0, 0.05) is 24.3 Å². The lowest BCUT2D eigenvalue weighted by Gasteiger charge is -2.19. The first-order valence-electron chi connectivity index (χ1n) is 10.7. The molecule has 1 saturated carbocycles. The van der Waals surface area contributed by atoms with Gasteiger partial charge in [0.2, 0.25) is 5.91 Å². The van der Waals surface area contributed by atoms with E-state index in [0.717, 1.165) is 24.0 Å².